The van der Waals surface area contributed by atoms with Crippen LogP contribution < -0.4 is 4.90 Å². The van der Waals surface area contributed by atoms with E-state index in [1.165, 1.54) is 17.3 Å². The van der Waals surface area contributed by atoms with Crippen molar-refractivity contribution >= 4 is 5.82 Å². The van der Waals surface area contributed by atoms with Crippen LogP contribution in [-0.4, -0.2) is 33.8 Å². The van der Waals surface area contributed by atoms with Crippen LogP contribution in [0.1, 0.15) is 18.5 Å². The van der Waals surface area contributed by atoms with Gasteiger partial charge >= 0.3 is 6.18 Å². The first-order chi connectivity index (χ1) is 7.99. The highest BCUT2D eigenvalue weighted by Gasteiger charge is 2.38. The summed E-state index contributed by atoms with van der Waals surface area (Å²) in [5.41, 5.74) is 0.344. The van der Waals surface area contributed by atoms with E-state index in [4.69, 9.17) is 5.11 Å². The zero-order chi connectivity index (χ0) is 12.5. The molecule has 7 heteroatoms. The maximum absolute atomic E-state index is 12.4. The molecule has 0 spiro atoms. The molecule has 17 heavy (non-hydrogen) atoms. The summed E-state index contributed by atoms with van der Waals surface area (Å²) in [6.45, 7) is -1.28. The standard InChI is InChI=1S/C10H12F3N3O/c11-10(12,13)6-16(8-1-2-8)9-4-14-7(5-17)3-15-9/h3-4,8,17H,1-2,5-6H2. The maximum atomic E-state index is 12.4. The third-order valence-electron chi connectivity index (χ3n) is 2.49. The Balaban J connectivity index is 2.14. The van der Waals surface area contributed by atoms with Gasteiger partial charge in [0.2, 0.25) is 0 Å². The Morgan fingerprint density at radius 3 is 2.41 bits per heavy atom. The maximum Gasteiger partial charge on any atom is 0.405 e. The molecule has 1 saturated carbocycles. The number of aromatic nitrogens is 2. The van der Waals surface area contributed by atoms with E-state index in [2.05, 4.69) is 9.97 Å². The first-order valence-corrected chi connectivity index (χ1v) is 5.25. The van der Waals surface area contributed by atoms with E-state index in [-0.39, 0.29) is 18.5 Å². The lowest BCUT2D eigenvalue weighted by Crippen LogP contribution is -2.36. The molecule has 0 bridgehead atoms. The second-order valence-corrected chi connectivity index (χ2v) is 4.00. The van der Waals surface area contributed by atoms with Crippen molar-refractivity contribution in [3.05, 3.63) is 18.1 Å². The van der Waals surface area contributed by atoms with Gasteiger partial charge in [0.25, 0.3) is 0 Å². The summed E-state index contributed by atoms with van der Waals surface area (Å²) in [6, 6.07) is -0.0918. The largest absolute Gasteiger partial charge is 0.405 e. The summed E-state index contributed by atoms with van der Waals surface area (Å²) >= 11 is 0. The van der Waals surface area contributed by atoms with Crippen LogP contribution >= 0.6 is 0 Å². The van der Waals surface area contributed by atoms with Crippen LogP contribution in [0.5, 0.6) is 0 Å². The molecule has 1 aliphatic carbocycles. The molecule has 1 aromatic heterocycles. The fourth-order valence-electron chi connectivity index (χ4n) is 1.55. The average Bonchev–Trinajstić information content (AvgIpc) is 3.09. The quantitative estimate of drug-likeness (QED) is 0.876. The highest BCUT2D eigenvalue weighted by molar-refractivity contribution is 5.39. The van der Waals surface area contributed by atoms with Crippen LogP contribution in [0.15, 0.2) is 12.4 Å². The highest BCUT2D eigenvalue weighted by Crippen LogP contribution is 2.33. The Kier molecular flexibility index (Phi) is 3.19. The topological polar surface area (TPSA) is 49.3 Å². The Morgan fingerprint density at radius 2 is 2.00 bits per heavy atom. The van der Waals surface area contributed by atoms with Crippen molar-refractivity contribution in [3.63, 3.8) is 0 Å². The van der Waals surface area contributed by atoms with Crippen molar-refractivity contribution in [2.45, 2.75) is 31.7 Å². The van der Waals surface area contributed by atoms with Crippen molar-refractivity contribution in [2.75, 3.05) is 11.4 Å². The lowest BCUT2D eigenvalue weighted by molar-refractivity contribution is -0.120. The highest BCUT2D eigenvalue weighted by atomic mass is 19.4. The van der Waals surface area contributed by atoms with Gasteiger partial charge in [0, 0.05) is 6.04 Å². The molecule has 4 nitrogen and oxygen atoms in total. The van der Waals surface area contributed by atoms with Crippen molar-refractivity contribution in [1.29, 1.82) is 0 Å². The van der Waals surface area contributed by atoms with Gasteiger partial charge < -0.3 is 10.0 Å². The number of nitrogens with zero attached hydrogens (tertiary/aromatic N) is 3. The second kappa shape index (κ2) is 4.48. The van der Waals surface area contributed by atoms with Crippen LogP contribution in [-0.2, 0) is 6.61 Å². The van der Waals surface area contributed by atoms with Crippen LogP contribution in [0.3, 0.4) is 0 Å². The second-order valence-electron chi connectivity index (χ2n) is 4.00. The third kappa shape index (κ3) is 3.29. The zero-order valence-corrected chi connectivity index (χ0v) is 8.98. The van der Waals surface area contributed by atoms with E-state index in [1.807, 2.05) is 0 Å². The molecule has 0 atom stereocenters. The molecule has 0 aliphatic heterocycles. The smallest absolute Gasteiger partial charge is 0.390 e. The van der Waals surface area contributed by atoms with Crippen molar-refractivity contribution < 1.29 is 18.3 Å². The molecule has 1 N–H and O–H groups in total. The molecule has 0 radical (unpaired) electrons. The molecule has 1 fully saturated rings. The summed E-state index contributed by atoms with van der Waals surface area (Å²) in [5.74, 6) is 0.210. The van der Waals surface area contributed by atoms with E-state index in [0.29, 0.717) is 5.69 Å². The summed E-state index contributed by atoms with van der Waals surface area (Å²) in [5, 5.41) is 8.78. The first-order valence-electron chi connectivity index (χ1n) is 5.25. The molecule has 1 heterocycles. The van der Waals surface area contributed by atoms with Crippen molar-refractivity contribution in [2.24, 2.45) is 0 Å². The number of rotatable bonds is 4. The summed E-state index contributed by atoms with van der Waals surface area (Å²) in [7, 11) is 0. The Morgan fingerprint density at radius 1 is 1.29 bits per heavy atom. The predicted molar refractivity (Wildman–Crippen MR) is 54.4 cm³/mol. The van der Waals surface area contributed by atoms with E-state index in [0.717, 1.165) is 12.8 Å². The number of hydrogen-bond acceptors (Lipinski definition) is 4. The Hall–Kier alpha value is -1.37. The van der Waals surface area contributed by atoms with Crippen LogP contribution in [0.4, 0.5) is 19.0 Å². The molecule has 0 saturated heterocycles. The van der Waals surface area contributed by atoms with E-state index in [1.54, 1.807) is 0 Å². The molecule has 1 aromatic rings. The number of aliphatic hydroxyl groups excluding tert-OH is 1. The number of halogens is 3. The van der Waals surface area contributed by atoms with Crippen molar-refractivity contribution in [3.8, 4) is 0 Å². The van der Waals surface area contributed by atoms with E-state index < -0.39 is 12.7 Å². The zero-order valence-electron chi connectivity index (χ0n) is 8.98. The Bertz CT molecular complexity index is 375. The van der Waals surface area contributed by atoms with Gasteiger partial charge in [0.1, 0.15) is 12.4 Å². The monoisotopic (exact) mass is 247 g/mol. The van der Waals surface area contributed by atoms with Crippen LogP contribution in [0.25, 0.3) is 0 Å². The van der Waals surface area contributed by atoms with Gasteiger partial charge in [0.05, 0.1) is 24.7 Å². The average molecular weight is 247 g/mol. The van der Waals surface area contributed by atoms with Gasteiger partial charge in [-0.25, -0.2) is 4.98 Å². The van der Waals surface area contributed by atoms with E-state index in [9.17, 15) is 13.2 Å². The normalized spacial score (nSPS) is 16.0. The molecule has 0 unspecified atom stereocenters. The summed E-state index contributed by atoms with van der Waals surface area (Å²) in [6.07, 6.45) is -0.185. The van der Waals surface area contributed by atoms with E-state index >= 15 is 0 Å². The molecule has 0 amide bonds. The SMILES string of the molecule is OCc1cnc(N(CC(F)(F)F)C2CC2)cn1. The lowest BCUT2D eigenvalue weighted by atomic mass is 10.4. The molecule has 2 rings (SSSR count). The van der Waals surface area contributed by atoms with Crippen LogP contribution in [0, 0.1) is 0 Å². The van der Waals surface area contributed by atoms with Gasteiger partial charge in [-0.1, -0.05) is 0 Å². The summed E-state index contributed by atoms with van der Waals surface area (Å²) < 4.78 is 37.2. The minimum Gasteiger partial charge on any atom is -0.390 e. The number of hydrogen-bond donors (Lipinski definition) is 1. The van der Waals surface area contributed by atoms with Gasteiger partial charge in [-0.3, -0.25) is 4.98 Å². The lowest BCUT2D eigenvalue weighted by Gasteiger charge is -2.24. The summed E-state index contributed by atoms with van der Waals surface area (Å²) in [4.78, 5) is 8.95. The first kappa shape index (κ1) is 12.1. The predicted octanol–water partition coefficient (Wildman–Crippen LogP) is 1.50. The molecule has 0 aromatic carbocycles. The van der Waals surface area contributed by atoms with Gasteiger partial charge in [0.15, 0.2) is 0 Å². The van der Waals surface area contributed by atoms with Gasteiger partial charge in [-0.2, -0.15) is 13.2 Å². The number of anilines is 1. The van der Waals surface area contributed by atoms with Crippen LogP contribution in [0.2, 0.25) is 0 Å². The molecule has 94 valence electrons. The molecular formula is C10H12F3N3O. The Labute approximate surface area is 96.1 Å². The van der Waals surface area contributed by atoms with Gasteiger partial charge in [-0.05, 0) is 12.8 Å². The molecular weight excluding hydrogens is 235 g/mol. The fourth-order valence-corrected chi connectivity index (χ4v) is 1.55. The number of aliphatic hydroxyl groups is 1. The van der Waals surface area contributed by atoms with Crippen molar-refractivity contribution in [1.82, 2.24) is 9.97 Å². The molecule has 1 aliphatic rings. The third-order valence-corrected chi connectivity index (χ3v) is 2.49. The minimum atomic E-state index is -4.25. The minimum absolute atomic E-state index is 0.0918. The number of alkyl halides is 3. The fraction of sp³-hybridized carbons (Fsp3) is 0.600. The van der Waals surface area contributed by atoms with Gasteiger partial charge in [-0.15, -0.1) is 0 Å².